The summed E-state index contributed by atoms with van der Waals surface area (Å²) >= 11 is 6.00. The van der Waals surface area contributed by atoms with Gasteiger partial charge in [-0.2, -0.15) is 0 Å². The molecule has 2 aromatic rings. The summed E-state index contributed by atoms with van der Waals surface area (Å²) in [6.07, 6.45) is 4.02. The van der Waals surface area contributed by atoms with E-state index in [1.165, 1.54) is 19.2 Å². The number of carbonyl (C=O) groups is 2. The van der Waals surface area contributed by atoms with Gasteiger partial charge in [0, 0.05) is 23.2 Å². The molecule has 1 amide bonds. The number of methoxy groups -OCH3 is 1. The molecule has 2 atom stereocenters. The topological polar surface area (TPSA) is 58.6 Å². The van der Waals surface area contributed by atoms with E-state index in [2.05, 4.69) is 5.32 Å². The zero-order chi connectivity index (χ0) is 23.4. The summed E-state index contributed by atoms with van der Waals surface area (Å²) in [7, 11) is 1.34. The van der Waals surface area contributed by atoms with E-state index in [-0.39, 0.29) is 24.3 Å². The number of benzene rings is 2. The molecule has 2 aromatic carbocycles. The van der Waals surface area contributed by atoms with Gasteiger partial charge in [0.15, 0.2) is 0 Å². The van der Waals surface area contributed by atoms with E-state index in [0.29, 0.717) is 23.6 Å². The number of carbonyl (C=O) groups excluding carboxylic acids is 2. The molecule has 7 heteroatoms. The predicted molar refractivity (Wildman–Crippen MR) is 125 cm³/mol. The second-order valence-electron chi connectivity index (χ2n) is 8.54. The fourth-order valence-electron chi connectivity index (χ4n) is 4.71. The van der Waals surface area contributed by atoms with Gasteiger partial charge in [-0.15, -0.1) is 0 Å². The highest BCUT2D eigenvalue weighted by molar-refractivity contribution is 6.30. The average Bonchev–Trinajstić information content (AvgIpc) is 3.09. The predicted octanol–water partition coefficient (Wildman–Crippen LogP) is 4.95. The van der Waals surface area contributed by atoms with Gasteiger partial charge in [-0.1, -0.05) is 35.9 Å². The Labute approximate surface area is 198 Å². The van der Waals surface area contributed by atoms with Gasteiger partial charge in [-0.05, 0) is 73.1 Å². The molecular weight excluding hydrogens is 443 g/mol. The monoisotopic (exact) mass is 470 g/mol. The van der Waals surface area contributed by atoms with E-state index in [1.807, 2.05) is 29.2 Å². The Morgan fingerprint density at radius 1 is 1.21 bits per heavy atom. The highest BCUT2D eigenvalue weighted by Crippen LogP contribution is 2.37. The number of halogens is 2. The third kappa shape index (κ3) is 5.45. The van der Waals surface area contributed by atoms with Crippen LogP contribution in [0.25, 0.3) is 0 Å². The largest absolute Gasteiger partial charge is 0.469 e. The van der Waals surface area contributed by atoms with Crippen LogP contribution in [0.4, 0.5) is 4.39 Å². The Bertz CT molecular complexity index is 1050. The first-order chi connectivity index (χ1) is 16.0. The summed E-state index contributed by atoms with van der Waals surface area (Å²) in [5, 5.41) is 4.18. The molecule has 1 aliphatic heterocycles. The van der Waals surface area contributed by atoms with Crippen molar-refractivity contribution in [1.29, 1.82) is 0 Å². The van der Waals surface area contributed by atoms with Crippen molar-refractivity contribution in [3.05, 3.63) is 81.6 Å². The lowest BCUT2D eigenvalue weighted by Gasteiger charge is -2.32. The highest BCUT2D eigenvalue weighted by Gasteiger charge is 2.40. The highest BCUT2D eigenvalue weighted by atomic mass is 35.5. The number of rotatable bonds is 8. The molecule has 0 fully saturated rings. The van der Waals surface area contributed by atoms with Crippen molar-refractivity contribution >= 4 is 23.5 Å². The Hall–Kier alpha value is -2.70. The van der Waals surface area contributed by atoms with Crippen molar-refractivity contribution in [2.45, 2.75) is 50.7 Å². The summed E-state index contributed by atoms with van der Waals surface area (Å²) in [4.78, 5) is 27.3. The second kappa shape index (κ2) is 10.5. The van der Waals surface area contributed by atoms with Crippen molar-refractivity contribution in [3.8, 4) is 0 Å². The number of amides is 1. The van der Waals surface area contributed by atoms with Crippen LogP contribution in [0, 0.1) is 5.82 Å². The summed E-state index contributed by atoms with van der Waals surface area (Å²) in [6, 6.07) is 13.3. The molecule has 174 valence electrons. The molecule has 0 bridgehead atoms. The number of ether oxygens (including phenoxy) is 1. The first kappa shape index (κ1) is 23.5. The molecule has 4 rings (SSSR count). The van der Waals surface area contributed by atoms with Gasteiger partial charge in [0.1, 0.15) is 12.0 Å². The molecule has 0 unspecified atom stereocenters. The lowest BCUT2D eigenvalue weighted by molar-refractivity contribution is -0.141. The molecule has 1 aliphatic carbocycles. The maximum absolute atomic E-state index is 14.0. The first-order valence-electron chi connectivity index (χ1n) is 11.3. The van der Waals surface area contributed by atoms with E-state index in [4.69, 9.17) is 16.3 Å². The standard InChI is InChI=1S/C26H28ClFN2O3/c1-33-24(31)16-23(18-5-4-6-20(28)15-18)29-25-21-7-2-3-8-22(21)26(32)30(25)14-13-17-9-11-19(27)12-10-17/h4-6,9-12,15,23,25,29H,2-3,7-8,13-14,16H2,1H3/t23-,25+/m0/s1. The fourth-order valence-corrected chi connectivity index (χ4v) is 4.84. The Balaban J connectivity index is 1.60. The fraction of sp³-hybridized carbons (Fsp3) is 0.385. The summed E-state index contributed by atoms with van der Waals surface area (Å²) < 4.78 is 18.9. The zero-order valence-corrected chi connectivity index (χ0v) is 19.4. The number of hydrogen-bond acceptors (Lipinski definition) is 4. The molecule has 2 aliphatic rings. The van der Waals surface area contributed by atoms with E-state index in [0.717, 1.165) is 42.4 Å². The summed E-state index contributed by atoms with van der Waals surface area (Å²) in [6.45, 7) is 0.527. The van der Waals surface area contributed by atoms with Crippen LogP contribution in [-0.4, -0.2) is 36.6 Å². The number of esters is 1. The molecule has 0 spiro atoms. The van der Waals surface area contributed by atoms with Gasteiger partial charge in [0.05, 0.1) is 13.5 Å². The zero-order valence-electron chi connectivity index (χ0n) is 18.7. The van der Waals surface area contributed by atoms with Crippen molar-refractivity contribution in [1.82, 2.24) is 10.2 Å². The molecule has 1 N–H and O–H groups in total. The van der Waals surface area contributed by atoms with Gasteiger partial charge in [0.2, 0.25) is 0 Å². The maximum atomic E-state index is 14.0. The first-order valence-corrected chi connectivity index (χ1v) is 11.7. The van der Waals surface area contributed by atoms with E-state index >= 15 is 0 Å². The molecule has 5 nitrogen and oxygen atoms in total. The van der Waals surface area contributed by atoms with Crippen LogP contribution in [0.2, 0.25) is 5.02 Å². The van der Waals surface area contributed by atoms with E-state index in [9.17, 15) is 14.0 Å². The minimum atomic E-state index is -0.488. The minimum Gasteiger partial charge on any atom is -0.469 e. The van der Waals surface area contributed by atoms with Crippen LogP contribution >= 0.6 is 11.6 Å². The molecule has 0 aromatic heterocycles. The van der Waals surface area contributed by atoms with Crippen LogP contribution in [-0.2, 0) is 20.7 Å². The number of nitrogens with one attached hydrogen (secondary N) is 1. The Morgan fingerprint density at radius 2 is 1.97 bits per heavy atom. The van der Waals surface area contributed by atoms with Crippen molar-refractivity contribution < 1.29 is 18.7 Å². The van der Waals surface area contributed by atoms with Crippen LogP contribution in [0.15, 0.2) is 59.7 Å². The van der Waals surface area contributed by atoms with Gasteiger partial charge in [-0.25, -0.2) is 4.39 Å². The Kier molecular flexibility index (Phi) is 7.46. The molecule has 0 saturated heterocycles. The molecule has 33 heavy (non-hydrogen) atoms. The molecule has 0 radical (unpaired) electrons. The van der Waals surface area contributed by atoms with Crippen LogP contribution < -0.4 is 5.32 Å². The lowest BCUT2D eigenvalue weighted by Crippen LogP contribution is -2.48. The van der Waals surface area contributed by atoms with Crippen LogP contribution in [0.5, 0.6) is 0 Å². The normalized spacial score (nSPS) is 18.9. The van der Waals surface area contributed by atoms with Crippen LogP contribution in [0.1, 0.15) is 49.3 Å². The number of hydrogen-bond donors (Lipinski definition) is 1. The summed E-state index contributed by atoms with van der Waals surface area (Å²) in [5.74, 6) is -0.720. The van der Waals surface area contributed by atoms with E-state index in [1.54, 1.807) is 12.1 Å². The van der Waals surface area contributed by atoms with Gasteiger partial charge in [0.25, 0.3) is 5.91 Å². The van der Waals surface area contributed by atoms with Crippen molar-refractivity contribution in [2.75, 3.05) is 13.7 Å². The SMILES string of the molecule is COC(=O)C[C@H](N[C@H]1C2=C(CCCC2)C(=O)N1CCc1ccc(Cl)cc1)c1cccc(F)c1. The maximum Gasteiger partial charge on any atom is 0.307 e. The molecular formula is C26H28ClFN2O3. The smallest absolute Gasteiger partial charge is 0.307 e. The van der Waals surface area contributed by atoms with Gasteiger partial charge >= 0.3 is 5.97 Å². The Morgan fingerprint density at radius 3 is 2.70 bits per heavy atom. The third-order valence-corrected chi connectivity index (χ3v) is 6.69. The van der Waals surface area contributed by atoms with Gasteiger partial charge < -0.3 is 9.64 Å². The summed E-state index contributed by atoms with van der Waals surface area (Å²) in [5.41, 5.74) is 3.71. The third-order valence-electron chi connectivity index (χ3n) is 6.43. The quantitative estimate of drug-likeness (QED) is 0.554. The molecule has 0 saturated carbocycles. The number of nitrogens with zero attached hydrogens (tertiary/aromatic N) is 1. The molecule has 1 heterocycles. The second-order valence-corrected chi connectivity index (χ2v) is 8.98. The van der Waals surface area contributed by atoms with Gasteiger partial charge in [-0.3, -0.25) is 14.9 Å². The van der Waals surface area contributed by atoms with E-state index < -0.39 is 12.0 Å². The lowest BCUT2D eigenvalue weighted by atomic mass is 9.92. The van der Waals surface area contributed by atoms with Crippen molar-refractivity contribution in [2.24, 2.45) is 0 Å². The minimum absolute atomic E-state index is 0.0400. The average molecular weight is 471 g/mol. The van der Waals surface area contributed by atoms with Crippen LogP contribution in [0.3, 0.4) is 0 Å². The van der Waals surface area contributed by atoms with Crippen molar-refractivity contribution in [3.63, 3.8) is 0 Å².